The smallest absolute Gasteiger partial charge is 0.320 e. The molecule has 1 aliphatic carbocycles. The Hall–Kier alpha value is -3.36. The lowest BCUT2D eigenvalue weighted by molar-refractivity contribution is -0.148. The zero-order chi connectivity index (χ0) is 23.5. The average molecular weight is 456 g/mol. The molecule has 0 unspecified atom stereocenters. The molecule has 2 heterocycles. The maximum atomic E-state index is 11.6. The summed E-state index contributed by atoms with van der Waals surface area (Å²) in [6.45, 7) is 3.90. The van der Waals surface area contributed by atoms with Gasteiger partial charge in [0.15, 0.2) is 11.5 Å². The lowest BCUT2D eigenvalue weighted by Gasteiger charge is -2.38. The van der Waals surface area contributed by atoms with Gasteiger partial charge in [-0.2, -0.15) is 9.97 Å². The first-order valence-corrected chi connectivity index (χ1v) is 11.0. The van der Waals surface area contributed by atoms with Crippen LogP contribution in [0.15, 0.2) is 23.2 Å². The minimum atomic E-state index is -0.261. The fourth-order valence-electron chi connectivity index (χ4n) is 4.62. The number of carbonyl (C=O) groups excluding carboxylic acids is 1. The van der Waals surface area contributed by atoms with Crippen LogP contribution in [0.3, 0.4) is 0 Å². The van der Waals surface area contributed by atoms with Crippen LogP contribution in [0.25, 0.3) is 0 Å². The van der Waals surface area contributed by atoms with Gasteiger partial charge in [-0.05, 0) is 43.9 Å². The highest BCUT2D eigenvalue weighted by Gasteiger charge is 2.39. The fraction of sp³-hybridized carbons (Fsp3) is 0.500. The molecule has 1 saturated carbocycles. The molecule has 0 bridgehead atoms. The second-order valence-electron chi connectivity index (χ2n) is 8.00. The van der Waals surface area contributed by atoms with Gasteiger partial charge in [-0.15, -0.1) is 0 Å². The molecule has 2 aliphatic rings. The number of ether oxygens (including phenoxy) is 5. The summed E-state index contributed by atoms with van der Waals surface area (Å²) >= 11 is 0. The van der Waals surface area contributed by atoms with Crippen LogP contribution in [-0.4, -0.2) is 61.7 Å². The Kier molecular flexibility index (Phi) is 6.67. The summed E-state index contributed by atoms with van der Waals surface area (Å²) in [5.74, 6) is 1.49. The minimum absolute atomic E-state index is 0.0223. The molecule has 1 aromatic heterocycles. The lowest BCUT2D eigenvalue weighted by Crippen LogP contribution is -2.36. The topological polar surface area (TPSA) is 101 Å². The van der Waals surface area contributed by atoms with Gasteiger partial charge in [0, 0.05) is 24.5 Å². The number of carbonyl (C=O) groups is 1. The van der Waals surface area contributed by atoms with Gasteiger partial charge in [-0.25, -0.2) is 0 Å². The van der Waals surface area contributed by atoms with Crippen molar-refractivity contribution in [1.29, 1.82) is 0 Å². The second-order valence-corrected chi connectivity index (χ2v) is 8.00. The third kappa shape index (κ3) is 4.58. The Labute approximate surface area is 193 Å². The first-order valence-electron chi connectivity index (χ1n) is 11.0. The van der Waals surface area contributed by atoms with Crippen molar-refractivity contribution in [3.63, 3.8) is 0 Å². The van der Waals surface area contributed by atoms with E-state index in [0.717, 1.165) is 29.7 Å². The van der Waals surface area contributed by atoms with Crippen LogP contribution in [0.4, 0.5) is 0 Å². The Morgan fingerprint density at radius 3 is 2.52 bits per heavy atom. The molecule has 9 nitrogen and oxygen atoms in total. The first-order chi connectivity index (χ1) is 16.0. The lowest BCUT2D eigenvalue weighted by atomic mass is 9.74. The Balaban J connectivity index is 1.86. The maximum absolute atomic E-state index is 11.6. The van der Waals surface area contributed by atoms with Crippen molar-refractivity contribution in [1.82, 2.24) is 9.97 Å². The number of rotatable bonds is 7. The van der Waals surface area contributed by atoms with Crippen molar-refractivity contribution in [3.8, 4) is 23.4 Å². The van der Waals surface area contributed by atoms with Gasteiger partial charge in [0.05, 0.1) is 45.4 Å². The van der Waals surface area contributed by atoms with Crippen molar-refractivity contribution in [2.45, 2.75) is 51.2 Å². The van der Waals surface area contributed by atoms with Crippen molar-refractivity contribution < 1.29 is 28.5 Å². The number of nitrogens with zero attached hydrogens (tertiary/aromatic N) is 3. The van der Waals surface area contributed by atoms with Crippen LogP contribution in [-0.2, 0) is 9.53 Å². The van der Waals surface area contributed by atoms with E-state index >= 15 is 0 Å². The van der Waals surface area contributed by atoms with Crippen LogP contribution in [0.1, 0.15) is 55.8 Å². The molecule has 3 atom stereocenters. The highest BCUT2D eigenvalue weighted by molar-refractivity contribution is 6.14. The molecule has 33 heavy (non-hydrogen) atoms. The van der Waals surface area contributed by atoms with Gasteiger partial charge in [0.2, 0.25) is 5.88 Å². The zero-order valence-corrected chi connectivity index (χ0v) is 19.6. The number of aromatic nitrogens is 2. The predicted octanol–water partition coefficient (Wildman–Crippen LogP) is 3.32. The summed E-state index contributed by atoms with van der Waals surface area (Å²) < 4.78 is 27.7. The third-order valence-electron chi connectivity index (χ3n) is 6.00. The molecule has 0 saturated heterocycles. The largest absolute Gasteiger partial charge is 0.493 e. The third-order valence-corrected chi connectivity index (χ3v) is 6.00. The second kappa shape index (κ2) is 9.64. The number of benzene rings is 1. The SMILES string of the molecule is CCOc1cc2c(cc1OC)C(c1cc(OC)nc(OC)n1)=N[C@@H]1CC[C@@H](OC(C)=O)C[C@H]21. The monoisotopic (exact) mass is 455 g/mol. The van der Waals surface area contributed by atoms with E-state index in [2.05, 4.69) is 9.97 Å². The van der Waals surface area contributed by atoms with Crippen molar-refractivity contribution in [3.05, 3.63) is 35.0 Å². The summed E-state index contributed by atoms with van der Waals surface area (Å²) in [5, 5.41) is 0. The first kappa shape index (κ1) is 22.8. The number of hydrogen-bond acceptors (Lipinski definition) is 9. The highest BCUT2D eigenvalue weighted by atomic mass is 16.5. The maximum Gasteiger partial charge on any atom is 0.320 e. The zero-order valence-electron chi connectivity index (χ0n) is 19.6. The molecule has 0 amide bonds. The predicted molar refractivity (Wildman–Crippen MR) is 121 cm³/mol. The van der Waals surface area contributed by atoms with E-state index in [1.807, 2.05) is 19.1 Å². The van der Waals surface area contributed by atoms with E-state index in [0.29, 0.717) is 36.1 Å². The van der Waals surface area contributed by atoms with Crippen LogP contribution in [0.2, 0.25) is 0 Å². The van der Waals surface area contributed by atoms with Gasteiger partial charge in [-0.1, -0.05) is 0 Å². The summed E-state index contributed by atoms with van der Waals surface area (Å²) in [4.78, 5) is 25.4. The molecule has 4 rings (SSSR count). The molecule has 9 heteroatoms. The van der Waals surface area contributed by atoms with E-state index < -0.39 is 0 Å². The van der Waals surface area contributed by atoms with Crippen molar-refractivity contribution >= 4 is 11.7 Å². The van der Waals surface area contributed by atoms with Crippen LogP contribution >= 0.6 is 0 Å². The van der Waals surface area contributed by atoms with Gasteiger partial charge in [-0.3, -0.25) is 9.79 Å². The number of methoxy groups -OCH3 is 3. The van der Waals surface area contributed by atoms with Gasteiger partial charge in [0.1, 0.15) is 6.10 Å². The Morgan fingerprint density at radius 2 is 1.85 bits per heavy atom. The molecule has 0 N–H and O–H groups in total. The molecule has 0 radical (unpaired) electrons. The summed E-state index contributed by atoms with van der Waals surface area (Å²) in [6, 6.07) is 5.93. The standard InChI is InChI=1S/C24H29N3O6/c1-6-32-21-10-15-16-9-14(33-13(2)28)7-8-18(16)25-23(17(15)11-20(21)29-3)19-12-22(30-4)27-24(26-19)31-5/h10-12,14,16,18H,6-9H2,1-5H3/t14-,16-,18-/m1/s1. The van der Waals surface area contributed by atoms with Crippen molar-refractivity contribution in [2.24, 2.45) is 4.99 Å². The van der Waals surface area contributed by atoms with Gasteiger partial charge < -0.3 is 23.7 Å². The fourth-order valence-corrected chi connectivity index (χ4v) is 4.62. The quantitative estimate of drug-likeness (QED) is 0.586. The van der Waals surface area contributed by atoms with E-state index in [1.54, 1.807) is 20.3 Å². The van der Waals surface area contributed by atoms with E-state index in [-0.39, 0.29) is 30.0 Å². The van der Waals surface area contributed by atoms with E-state index in [4.69, 9.17) is 28.7 Å². The number of fused-ring (bicyclic) bond motifs is 3. The van der Waals surface area contributed by atoms with E-state index in [1.165, 1.54) is 14.0 Å². The highest BCUT2D eigenvalue weighted by Crippen LogP contribution is 2.45. The minimum Gasteiger partial charge on any atom is -0.493 e. The molecule has 0 spiro atoms. The van der Waals surface area contributed by atoms with Crippen LogP contribution in [0, 0.1) is 0 Å². The average Bonchev–Trinajstić information content (AvgIpc) is 2.82. The van der Waals surface area contributed by atoms with Crippen molar-refractivity contribution in [2.75, 3.05) is 27.9 Å². The summed E-state index contributed by atoms with van der Waals surface area (Å²) in [7, 11) is 4.67. The Bertz CT molecular complexity index is 1050. The van der Waals surface area contributed by atoms with Crippen LogP contribution in [0.5, 0.6) is 23.4 Å². The molecule has 176 valence electrons. The number of hydrogen-bond donors (Lipinski definition) is 0. The molecule has 1 aliphatic heterocycles. The number of aliphatic imine (C=N–C) groups is 1. The van der Waals surface area contributed by atoms with Gasteiger partial charge >= 0.3 is 12.0 Å². The van der Waals surface area contributed by atoms with Crippen LogP contribution < -0.4 is 18.9 Å². The molecule has 1 aromatic carbocycles. The van der Waals surface area contributed by atoms with E-state index in [9.17, 15) is 4.79 Å². The summed E-state index contributed by atoms with van der Waals surface area (Å²) in [5.41, 5.74) is 3.29. The normalized spacial score (nSPS) is 21.2. The molecular weight excluding hydrogens is 426 g/mol. The molecule has 1 fully saturated rings. The summed E-state index contributed by atoms with van der Waals surface area (Å²) in [6.07, 6.45) is 2.12. The number of esters is 1. The van der Waals surface area contributed by atoms with Gasteiger partial charge in [0.25, 0.3) is 0 Å². The Morgan fingerprint density at radius 1 is 1.03 bits per heavy atom. The molecular formula is C24H29N3O6. The molecule has 2 aromatic rings.